The highest BCUT2D eigenvalue weighted by atomic mass is 35.5. The van der Waals surface area contributed by atoms with Crippen molar-refractivity contribution in [1.82, 2.24) is 14.7 Å². The number of morpholine rings is 1. The lowest BCUT2D eigenvalue weighted by atomic mass is 9.82. The van der Waals surface area contributed by atoms with E-state index in [9.17, 15) is 9.59 Å². The maximum atomic E-state index is 13.2. The molecule has 3 aliphatic heterocycles. The highest BCUT2D eigenvalue weighted by Gasteiger charge is 2.56. The van der Waals surface area contributed by atoms with Crippen LogP contribution in [-0.2, 0) is 4.74 Å². The summed E-state index contributed by atoms with van der Waals surface area (Å²) in [5.41, 5.74) is 1.13. The topological polar surface area (TPSA) is 53.1 Å². The molecule has 3 aliphatic rings. The number of fused-ring (bicyclic) bond motifs is 2. The van der Waals surface area contributed by atoms with Crippen LogP contribution in [0.5, 0.6) is 0 Å². The van der Waals surface area contributed by atoms with Gasteiger partial charge in [0.05, 0.1) is 24.8 Å². The fraction of sp³-hybridized carbons (Fsp3) is 0.391. The molecular weight excluding hydrogens is 402 g/mol. The summed E-state index contributed by atoms with van der Waals surface area (Å²) in [5.74, 6) is 0.0521. The second kappa shape index (κ2) is 7.69. The third-order valence-electron chi connectivity index (χ3n) is 6.41. The van der Waals surface area contributed by atoms with Crippen molar-refractivity contribution in [3.05, 3.63) is 70.7 Å². The van der Waals surface area contributed by atoms with Gasteiger partial charge in [0.2, 0.25) is 0 Å². The van der Waals surface area contributed by atoms with E-state index in [0.717, 1.165) is 6.54 Å². The van der Waals surface area contributed by atoms with Crippen LogP contribution in [0.25, 0.3) is 0 Å². The van der Waals surface area contributed by atoms with Gasteiger partial charge in [-0.05, 0) is 36.4 Å². The Labute approximate surface area is 181 Å². The van der Waals surface area contributed by atoms with Crippen LogP contribution in [0.4, 0.5) is 0 Å². The molecule has 0 unspecified atom stereocenters. The Morgan fingerprint density at radius 1 is 0.900 bits per heavy atom. The first kappa shape index (κ1) is 19.5. The molecule has 2 amide bonds. The molecule has 30 heavy (non-hydrogen) atoms. The second-order valence-corrected chi connectivity index (χ2v) is 8.80. The summed E-state index contributed by atoms with van der Waals surface area (Å²) in [6.07, 6.45) is 0. The van der Waals surface area contributed by atoms with Crippen LogP contribution in [0.3, 0.4) is 0 Å². The monoisotopic (exact) mass is 425 g/mol. The molecule has 0 aromatic heterocycles. The predicted molar refractivity (Wildman–Crippen MR) is 114 cm³/mol. The van der Waals surface area contributed by atoms with Crippen molar-refractivity contribution in [2.24, 2.45) is 0 Å². The van der Waals surface area contributed by atoms with Gasteiger partial charge in [0, 0.05) is 48.9 Å². The maximum absolute atomic E-state index is 13.2. The third kappa shape index (κ3) is 3.39. The van der Waals surface area contributed by atoms with Crippen LogP contribution in [0, 0.1) is 0 Å². The SMILES string of the molecule is O=C(c1ccc(Cl)cc1)N1C[C@@H]2COCCN2C2(C1)CN(C(=O)c1ccccc1)C2. The molecule has 0 radical (unpaired) electrons. The minimum absolute atomic E-state index is 0.00380. The largest absolute Gasteiger partial charge is 0.378 e. The van der Waals surface area contributed by atoms with E-state index in [2.05, 4.69) is 4.90 Å². The van der Waals surface area contributed by atoms with Gasteiger partial charge in [-0.1, -0.05) is 29.8 Å². The quantitative estimate of drug-likeness (QED) is 0.741. The fourth-order valence-corrected chi connectivity index (χ4v) is 5.10. The zero-order chi connectivity index (χ0) is 20.7. The molecule has 156 valence electrons. The van der Waals surface area contributed by atoms with E-state index >= 15 is 0 Å². The van der Waals surface area contributed by atoms with E-state index in [4.69, 9.17) is 16.3 Å². The van der Waals surface area contributed by atoms with Crippen molar-refractivity contribution in [2.45, 2.75) is 11.6 Å². The molecule has 0 saturated carbocycles. The molecule has 5 rings (SSSR count). The van der Waals surface area contributed by atoms with Crippen LogP contribution in [0.15, 0.2) is 54.6 Å². The molecule has 0 N–H and O–H groups in total. The van der Waals surface area contributed by atoms with Gasteiger partial charge in [-0.2, -0.15) is 0 Å². The van der Waals surface area contributed by atoms with Gasteiger partial charge in [-0.25, -0.2) is 0 Å². The first-order valence-corrected chi connectivity index (χ1v) is 10.7. The number of nitrogens with zero attached hydrogens (tertiary/aromatic N) is 3. The maximum Gasteiger partial charge on any atom is 0.253 e. The zero-order valence-corrected chi connectivity index (χ0v) is 17.4. The van der Waals surface area contributed by atoms with E-state index in [1.54, 1.807) is 24.3 Å². The minimum Gasteiger partial charge on any atom is -0.378 e. The molecule has 7 heteroatoms. The van der Waals surface area contributed by atoms with Gasteiger partial charge >= 0.3 is 0 Å². The van der Waals surface area contributed by atoms with E-state index < -0.39 is 0 Å². The molecule has 3 saturated heterocycles. The lowest BCUT2D eigenvalue weighted by Crippen LogP contribution is -2.81. The molecule has 6 nitrogen and oxygen atoms in total. The highest BCUT2D eigenvalue weighted by molar-refractivity contribution is 6.30. The van der Waals surface area contributed by atoms with Crippen molar-refractivity contribution in [3.8, 4) is 0 Å². The first-order valence-electron chi connectivity index (χ1n) is 10.3. The van der Waals surface area contributed by atoms with E-state index in [0.29, 0.717) is 55.5 Å². The van der Waals surface area contributed by atoms with Gasteiger partial charge < -0.3 is 14.5 Å². The molecule has 2 aromatic rings. The smallest absolute Gasteiger partial charge is 0.253 e. The number of likely N-dealkylation sites (tertiary alicyclic amines) is 1. The lowest BCUT2D eigenvalue weighted by Gasteiger charge is -2.63. The van der Waals surface area contributed by atoms with Crippen molar-refractivity contribution >= 4 is 23.4 Å². The summed E-state index contributed by atoms with van der Waals surface area (Å²) in [6.45, 7) is 4.64. The molecule has 3 fully saturated rings. The van der Waals surface area contributed by atoms with Crippen molar-refractivity contribution in [2.75, 3.05) is 45.9 Å². The number of piperazine rings is 1. The molecular formula is C23H24ClN3O3. The van der Waals surface area contributed by atoms with E-state index in [1.165, 1.54) is 0 Å². The average molecular weight is 426 g/mol. The standard InChI is InChI=1S/C23H24ClN3O3/c24-19-8-6-18(7-9-19)21(28)25-12-20-13-30-11-10-27(20)23(14-25)15-26(16-23)22(29)17-4-2-1-3-5-17/h1-9,20H,10-16H2/t20-/m1/s1. The summed E-state index contributed by atoms with van der Waals surface area (Å²) in [4.78, 5) is 32.3. The number of rotatable bonds is 2. The van der Waals surface area contributed by atoms with Crippen molar-refractivity contribution < 1.29 is 14.3 Å². The van der Waals surface area contributed by atoms with Crippen molar-refractivity contribution in [1.29, 1.82) is 0 Å². The number of amides is 2. The second-order valence-electron chi connectivity index (χ2n) is 8.37. The van der Waals surface area contributed by atoms with Gasteiger partial charge in [0.1, 0.15) is 0 Å². The Balaban J connectivity index is 1.36. The Bertz CT molecular complexity index is 944. The number of benzene rings is 2. The summed E-state index contributed by atoms with van der Waals surface area (Å²) < 4.78 is 5.72. The number of hydrogen-bond acceptors (Lipinski definition) is 4. The summed E-state index contributed by atoms with van der Waals surface area (Å²) in [6, 6.07) is 16.6. The average Bonchev–Trinajstić information content (AvgIpc) is 2.77. The van der Waals surface area contributed by atoms with E-state index in [1.807, 2.05) is 40.1 Å². The van der Waals surface area contributed by atoms with E-state index in [-0.39, 0.29) is 23.4 Å². The normalized spacial score (nSPS) is 23.0. The number of carbonyl (C=O) groups is 2. The van der Waals surface area contributed by atoms with Crippen LogP contribution in [0.2, 0.25) is 5.02 Å². The molecule has 2 aromatic carbocycles. The fourth-order valence-electron chi connectivity index (χ4n) is 4.98. The minimum atomic E-state index is -0.209. The number of hydrogen-bond donors (Lipinski definition) is 0. The number of carbonyl (C=O) groups excluding carboxylic acids is 2. The summed E-state index contributed by atoms with van der Waals surface area (Å²) >= 11 is 5.98. The zero-order valence-electron chi connectivity index (χ0n) is 16.7. The number of halogens is 1. The Morgan fingerprint density at radius 2 is 1.53 bits per heavy atom. The Hall–Kier alpha value is -2.41. The Morgan fingerprint density at radius 3 is 2.27 bits per heavy atom. The van der Waals surface area contributed by atoms with Gasteiger partial charge in [0.25, 0.3) is 11.8 Å². The van der Waals surface area contributed by atoms with Crippen LogP contribution >= 0.6 is 11.6 Å². The van der Waals surface area contributed by atoms with Gasteiger partial charge in [-0.3, -0.25) is 14.5 Å². The Kier molecular flexibility index (Phi) is 5.01. The van der Waals surface area contributed by atoms with Gasteiger partial charge in [-0.15, -0.1) is 0 Å². The van der Waals surface area contributed by atoms with Crippen LogP contribution < -0.4 is 0 Å². The molecule has 1 spiro atoms. The summed E-state index contributed by atoms with van der Waals surface area (Å²) in [5, 5.41) is 0.613. The highest BCUT2D eigenvalue weighted by Crippen LogP contribution is 2.37. The molecule has 0 bridgehead atoms. The van der Waals surface area contributed by atoms with Crippen molar-refractivity contribution in [3.63, 3.8) is 0 Å². The molecule has 3 heterocycles. The van der Waals surface area contributed by atoms with Gasteiger partial charge in [0.15, 0.2) is 0 Å². The van der Waals surface area contributed by atoms with Crippen LogP contribution in [0.1, 0.15) is 20.7 Å². The first-order chi connectivity index (χ1) is 14.6. The summed E-state index contributed by atoms with van der Waals surface area (Å²) in [7, 11) is 0. The third-order valence-corrected chi connectivity index (χ3v) is 6.66. The molecule has 1 atom stereocenters. The lowest BCUT2D eigenvalue weighted by molar-refractivity contribution is -0.148. The number of ether oxygens (including phenoxy) is 1. The molecule has 0 aliphatic carbocycles. The van der Waals surface area contributed by atoms with Crippen LogP contribution in [-0.4, -0.2) is 84.0 Å². The predicted octanol–water partition coefficient (Wildman–Crippen LogP) is 2.39.